The van der Waals surface area contributed by atoms with E-state index in [2.05, 4.69) is 20.5 Å². The van der Waals surface area contributed by atoms with E-state index < -0.39 is 42.2 Å². The molecule has 0 saturated heterocycles. The number of rotatable bonds is 9. The highest BCUT2D eigenvalue weighted by Gasteiger charge is 2.40. The van der Waals surface area contributed by atoms with E-state index in [0.29, 0.717) is 0 Å². The summed E-state index contributed by atoms with van der Waals surface area (Å²) in [5.74, 6) is -5.39. The lowest BCUT2D eigenvalue weighted by Gasteiger charge is -2.33. The molecule has 13 heteroatoms. The number of amides is 1. The second-order valence-corrected chi connectivity index (χ2v) is 9.36. The molecule has 1 unspecified atom stereocenters. The highest BCUT2D eigenvalue weighted by atomic mass is 19.3. The average molecular weight is 541 g/mol. The maximum Gasteiger partial charge on any atom is 0.314 e. The average Bonchev–Trinajstić information content (AvgIpc) is 3.37. The molecule has 1 amide bonds. The standard InChI is InChI=1S/C25H25F6N5O2/c1-24(29,14-33-17-7-9-25(30,31)10-8-17)23(37)36(19-4-2-3-16(26)11-19)13-18-6-5-15(12-32-18)21-34-35-22(38-21)20(27)28/h2-6,11-12,17,20,33H,7-10,13-14H2,1H3. The van der Waals surface area contributed by atoms with Crippen molar-refractivity contribution in [2.45, 2.75) is 63.2 Å². The molecule has 1 fully saturated rings. The SMILES string of the molecule is CC(F)(CNC1CCC(F)(F)CC1)C(=O)N(Cc1ccc(-c2nnc(C(F)F)o2)cn1)c1cccc(F)c1. The number of hydrogen-bond donors (Lipinski definition) is 1. The van der Waals surface area contributed by atoms with Crippen LogP contribution in [0.2, 0.25) is 0 Å². The molecule has 2 heterocycles. The molecule has 1 aliphatic rings. The van der Waals surface area contributed by atoms with Crippen molar-refractivity contribution in [3.8, 4) is 11.5 Å². The lowest BCUT2D eigenvalue weighted by Crippen LogP contribution is -2.52. The van der Waals surface area contributed by atoms with Gasteiger partial charge in [-0.15, -0.1) is 10.2 Å². The predicted molar refractivity (Wildman–Crippen MR) is 125 cm³/mol. The Balaban J connectivity index is 1.50. The van der Waals surface area contributed by atoms with E-state index in [0.717, 1.165) is 17.9 Å². The molecule has 0 bridgehead atoms. The zero-order valence-electron chi connectivity index (χ0n) is 20.3. The van der Waals surface area contributed by atoms with Crippen molar-refractivity contribution in [2.75, 3.05) is 11.4 Å². The maximum absolute atomic E-state index is 15.7. The van der Waals surface area contributed by atoms with Gasteiger partial charge in [-0.1, -0.05) is 6.07 Å². The summed E-state index contributed by atoms with van der Waals surface area (Å²) in [5, 5.41) is 9.67. The molecular weight excluding hydrogens is 516 g/mol. The normalized spacial score (nSPS) is 17.4. The van der Waals surface area contributed by atoms with Crippen LogP contribution < -0.4 is 10.2 Å². The Kier molecular flexibility index (Phi) is 8.05. The highest BCUT2D eigenvalue weighted by molar-refractivity contribution is 5.99. The first kappa shape index (κ1) is 27.6. The van der Waals surface area contributed by atoms with Crippen molar-refractivity contribution in [1.82, 2.24) is 20.5 Å². The van der Waals surface area contributed by atoms with Crippen molar-refractivity contribution >= 4 is 11.6 Å². The molecule has 1 aliphatic carbocycles. The van der Waals surface area contributed by atoms with E-state index >= 15 is 4.39 Å². The third-order valence-corrected chi connectivity index (χ3v) is 6.27. The van der Waals surface area contributed by atoms with Gasteiger partial charge < -0.3 is 14.6 Å². The number of anilines is 1. The largest absolute Gasteiger partial charge is 0.415 e. The minimum absolute atomic E-state index is 0.0838. The van der Waals surface area contributed by atoms with E-state index in [4.69, 9.17) is 4.42 Å². The van der Waals surface area contributed by atoms with Gasteiger partial charge in [0.25, 0.3) is 11.8 Å². The van der Waals surface area contributed by atoms with Crippen LogP contribution in [-0.2, 0) is 11.3 Å². The van der Waals surface area contributed by atoms with Crippen molar-refractivity contribution in [2.24, 2.45) is 0 Å². The van der Waals surface area contributed by atoms with Crippen LogP contribution in [0.15, 0.2) is 47.0 Å². The van der Waals surface area contributed by atoms with Crippen LogP contribution in [0.3, 0.4) is 0 Å². The Bertz CT molecular complexity index is 1240. The van der Waals surface area contributed by atoms with Crippen LogP contribution in [0.25, 0.3) is 11.5 Å². The Morgan fingerprint density at radius 1 is 1.21 bits per heavy atom. The van der Waals surface area contributed by atoms with Gasteiger partial charge in [-0.2, -0.15) is 8.78 Å². The van der Waals surface area contributed by atoms with Gasteiger partial charge in [0, 0.05) is 37.3 Å². The first-order chi connectivity index (χ1) is 17.9. The molecule has 1 aromatic carbocycles. The molecular formula is C25H25F6N5O2. The van der Waals surface area contributed by atoms with Crippen LogP contribution in [0.5, 0.6) is 0 Å². The van der Waals surface area contributed by atoms with Crippen molar-refractivity contribution in [1.29, 1.82) is 0 Å². The minimum atomic E-state index is -2.93. The number of nitrogens with zero attached hydrogens (tertiary/aromatic N) is 4. The molecule has 2 aromatic heterocycles. The zero-order chi connectivity index (χ0) is 27.5. The third kappa shape index (κ3) is 6.69. The van der Waals surface area contributed by atoms with Crippen molar-refractivity contribution in [3.05, 3.63) is 60.0 Å². The lowest BCUT2D eigenvalue weighted by molar-refractivity contribution is -0.129. The fourth-order valence-electron chi connectivity index (χ4n) is 4.11. The Hall–Kier alpha value is -3.48. The summed E-state index contributed by atoms with van der Waals surface area (Å²) >= 11 is 0. The number of nitrogens with one attached hydrogen (secondary N) is 1. The third-order valence-electron chi connectivity index (χ3n) is 6.27. The predicted octanol–water partition coefficient (Wildman–Crippen LogP) is 5.64. The number of alkyl halides is 5. The second kappa shape index (κ2) is 11.1. The summed E-state index contributed by atoms with van der Waals surface area (Å²) in [6.45, 7) is 0.395. The summed E-state index contributed by atoms with van der Waals surface area (Å²) in [6.07, 6.45) is -1.99. The van der Waals surface area contributed by atoms with Gasteiger partial charge in [0.2, 0.25) is 11.8 Å². The molecule has 38 heavy (non-hydrogen) atoms. The van der Waals surface area contributed by atoms with Crippen molar-refractivity contribution in [3.63, 3.8) is 0 Å². The van der Waals surface area contributed by atoms with Crippen LogP contribution in [0.4, 0.5) is 32.0 Å². The van der Waals surface area contributed by atoms with E-state index in [9.17, 15) is 26.7 Å². The Labute approximate surface area is 214 Å². The molecule has 0 radical (unpaired) electrons. The molecule has 1 saturated carbocycles. The van der Waals surface area contributed by atoms with Crippen LogP contribution in [0.1, 0.15) is 50.6 Å². The Morgan fingerprint density at radius 3 is 2.55 bits per heavy atom. The summed E-state index contributed by atoms with van der Waals surface area (Å²) < 4.78 is 86.8. The van der Waals surface area contributed by atoms with Crippen LogP contribution in [0, 0.1) is 5.82 Å². The first-order valence-corrected chi connectivity index (χ1v) is 11.9. The van der Waals surface area contributed by atoms with E-state index in [-0.39, 0.29) is 61.1 Å². The fraction of sp³-hybridized carbons (Fsp3) is 0.440. The number of carbonyl (C=O) groups excluding carboxylic acids is 1. The Morgan fingerprint density at radius 2 is 1.95 bits per heavy atom. The number of aromatic nitrogens is 3. The molecule has 4 rings (SSSR count). The highest BCUT2D eigenvalue weighted by Crippen LogP contribution is 2.33. The van der Waals surface area contributed by atoms with Gasteiger partial charge in [0.1, 0.15) is 5.82 Å². The van der Waals surface area contributed by atoms with Crippen LogP contribution in [-0.4, -0.2) is 45.3 Å². The number of hydrogen-bond acceptors (Lipinski definition) is 6. The molecule has 1 atom stereocenters. The van der Waals surface area contributed by atoms with Gasteiger partial charge in [0.05, 0.1) is 17.8 Å². The molecule has 1 N–H and O–H groups in total. The van der Waals surface area contributed by atoms with E-state index in [1.807, 2.05) is 0 Å². The summed E-state index contributed by atoms with van der Waals surface area (Å²) in [7, 11) is 0. The zero-order valence-corrected chi connectivity index (χ0v) is 20.3. The maximum atomic E-state index is 15.7. The van der Waals surface area contributed by atoms with Gasteiger partial charge in [-0.05, 0) is 50.1 Å². The topological polar surface area (TPSA) is 84.2 Å². The minimum Gasteiger partial charge on any atom is -0.415 e. The van der Waals surface area contributed by atoms with Gasteiger partial charge in [-0.25, -0.2) is 17.6 Å². The number of carbonyl (C=O) groups is 1. The summed E-state index contributed by atoms with van der Waals surface area (Å²) in [5.41, 5.74) is -1.85. The first-order valence-electron chi connectivity index (χ1n) is 11.9. The summed E-state index contributed by atoms with van der Waals surface area (Å²) in [6, 6.07) is 7.60. The van der Waals surface area contributed by atoms with E-state index in [1.54, 1.807) is 0 Å². The van der Waals surface area contributed by atoms with Gasteiger partial charge in [0.15, 0.2) is 5.67 Å². The van der Waals surface area contributed by atoms with Crippen LogP contribution >= 0.6 is 0 Å². The molecule has 204 valence electrons. The lowest BCUT2D eigenvalue weighted by atomic mass is 9.91. The molecule has 3 aromatic rings. The molecule has 7 nitrogen and oxygen atoms in total. The number of benzene rings is 1. The second-order valence-electron chi connectivity index (χ2n) is 9.36. The van der Waals surface area contributed by atoms with E-state index in [1.165, 1.54) is 36.5 Å². The molecule has 0 spiro atoms. The summed E-state index contributed by atoms with van der Waals surface area (Å²) in [4.78, 5) is 18.6. The number of halogens is 6. The van der Waals surface area contributed by atoms with Gasteiger partial charge in [-0.3, -0.25) is 9.78 Å². The van der Waals surface area contributed by atoms with Gasteiger partial charge >= 0.3 is 6.43 Å². The smallest absolute Gasteiger partial charge is 0.314 e. The van der Waals surface area contributed by atoms with Crippen molar-refractivity contribution < 1.29 is 35.6 Å². The fourth-order valence-corrected chi connectivity index (χ4v) is 4.11. The molecule has 0 aliphatic heterocycles. The quantitative estimate of drug-likeness (QED) is 0.353. The number of pyridine rings is 1. The monoisotopic (exact) mass is 541 g/mol.